The smallest absolute Gasteiger partial charge is 0.221 e. The third-order valence-corrected chi connectivity index (χ3v) is 3.96. The Morgan fingerprint density at radius 2 is 2.00 bits per heavy atom. The van der Waals surface area contributed by atoms with Gasteiger partial charge in [-0.2, -0.15) is 15.2 Å². The number of aromatic nitrogens is 5. The Morgan fingerprint density at radius 3 is 2.81 bits per heavy atom. The van der Waals surface area contributed by atoms with Crippen molar-refractivity contribution in [2.24, 2.45) is 0 Å². The second-order valence-corrected chi connectivity index (χ2v) is 5.26. The molecule has 1 aliphatic heterocycles. The first-order valence-electron chi connectivity index (χ1n) is 7.14. The normalized spacial score (nSPS) is 16.7. The predicted molar refractivity (Wildman–Crippen MR) is 79.1 cm³/mol. The Kier molecular flexibility index (Phi) is 3.04. The van der Waals surface area contributed by atoms with Crippen molar-refractivity contribution in [2.45, 2.75) is 6.54 Å². The molecule has 0 amide bonds. The lowest BCUT2D eigenvalue weighted by Gasteiger charge is -2.34. The maximum absolute atomic E-state index is 4.40. The lowest BCUT2D eigenvalue weighted by molar-refractivity contribution is 0.244. The Morgan fingerprint density at radius 1 is 1.10 bits per heavy atom. The number of rotatable bonds is 3. The van der Waals surface area contributed by atoms with Crippen molar-refractivity contribution >= 4 is 11.5 Å². The first kappa shape index (κ1) is 12.3. The van der Waals surface area contributed by atoms with Crippen LogP contribution < -0.4 is 4.90 Å². The lowest BCUT2D eigenvalue weighted by Crippen LogP contribution is -2.46. The fourth-order valence-electron chi connectivity index (χ4n) is 2.83. The van der Waals surface area contributed by atoms with Gasteiger partial charge in [-0.05, 0) is 18.2 Å². The van der Waals surface area contributed by atoms with Gasteiger partial charge in [0.25, 0.3) is 0 Å². The monoisotopic (exact) mass is 283 g/mol. The fraction of sp³-hybridized carbons (Fsp3) is 0.357. The van der Waals surface area contributed by atoms with Crippen molar-refractivity contribution in [3.8, 4) is 0 Å². The van der Waals surface area contributed by atoms with Crippen LogP contribution in [0, 0.1) is 0 Å². The molecule has 0 unspecified atom stereocenters. The molecule has 0 aromatic carbocycles. The molecule has 1 aliphatic rings. The molecule has 0 spiro atoms. The van der Waals surface area contributed by atoms with Crippen LogP contribution in [-0.4, -0.2) is 55.9 Å². The Labute approximate surface area is 122 Å². The van der Waals surface area contributed by atoms with E-state index in [1.54, 1.807) is 6.33 Å². The fourth-order valence-corrected chi connectivity index (χ4v) is 2.83. The largest absolute Gasteiger partial charge is 0.339 e. The van der Waals surface area contributed by atoms with E-state index in [1.807, 2.05) is 16.8 Å². The highest BCUT2D eigenvalue weighted by Gasteiger charge is 2.19. The van der Waals surface area contributed by atoms with E-state index >= 15 is 0 Å². The number of nitrogens with zero attached hydrogens (tertiary/aromatic N) is 6. The maximum Gasteiger partial charge on any atom is 0.221 e. The van der Waals surface area contributed by atoms with Gasteiger partial charge in [-0.15, -0.1) is 0 Å². The molecule has 108 valence electrons. The number of anilines is 1. The van der Waals surface area contributed by atoms with E-state index in [0.29, 0.717) is 0 Å². The third-order valence-electron chi connectivity index (χ3n) is 3.96. The van der Waals surface area contributed by atoms with Gasteiger partial charge in [0.1, 0.15) is 6.33 Å². The van der Waals surface area contributed by atoms with Gasteiger partial charge in [-0.1, -0.05) is 6.07 Å². The van der Waals surface area contributed by atoms with Crippen LogP contribution in [0.2, 0.25) is 0 Å². The molecule has 7 nitrogen and oxygen atoms in total. The van der Waals surface area contributed by atoms with Crippen LogP contribution >= 0.6 is 0 Å². The second kappa shape index (κ2) is 5.17. The highest BCUT2D eigenvalue weighted by molar-refractivity contribution is 5.46. The summed E-state index contributed by atoms with van der Waals surface area (Å²) >= 11 is 0. The maximum atomic E-state index is 4.40. The molecule has 3 aromatic rings. The van der Waals surface area contributed by atoms with E-state index in [0.717, 1.165) is 44.2 Å². The van der Waals surface area contributed by atoms with Gasteiger partial charge >= 0.3 is 0 Å². The topological polar surface area (TPSA) is 65.4 Å². The van der Waals surface area contributed by atoms with Crippen LogP contribution in [0.1, 0.15) is 5.69 Å². The van der Waals surface area contributed by atoms with E-state index in [1.165, 1.54) is 5.69 Å². The molecule has 0 radical (unpaired) electrons. The standard InChI is InChI=1S/C14H17N7/c1-2-12-4-5-17-21(12)13(3-1)10-19-6-8-20(9-7-19)14-15-11-16-18-14/h1-5,11H,6-10H2,(H,15,16,18). The summed E-state index contributed by atoms with van der Waals surface area (Å²) in [7, 11) is 0. The van der Waals surface area contributed by atoms with Crippen LogP contribution in [0.3, 0.4) is 0 Å². The highest BCUT2D eigenvalue weighted by atomic mass is 15.4. The average molecular weight is 283 g/mol. The van der Waals surface area contributed by atoms with E-state index in [2.05, 4.69) is 48.3 Å². The van der Waals surface area contributed by atoms with E-state index in [-0.39, 0.29) is 0 Å². The number of nitrogens with one attached hydrogen (secondary N) is 1. The Bertz CT molecular complexity index is 710. The van der Waals surface area contributed by atoms with Gasteiger partial charge in [-0.3, -0.25) is 4.90 Å². The molecule has 0 saturated carbocycles. The van der Waals surface area contributed by atoms with Crippen LogP contribution in [-0.2, 0) is 6.54 Å². The summed E-state index contributed by atoms with van der Waals surface area (Å²) in [4.78, 5) is 8.89. The van der Waals surface area contributed by atoms with Gasteiger partial charge in [-0.25, -0.2) is 9.61 Å². The molecule has 1 saturated heterocycles. The van der Waals surface area contributed by atoms with Gasteiger partial charge in [0.2, 0.25) is 5.95 Å². The number of piperazine rings is 1. The van der Waals surface area contributed by atoms with Crippen molar-refractivity contribution in [1.82, 2.24) is 29.7 Å². The number of hydrogen-bond acceptors (Lipinski definition) is 5. The van der Waals surface area contributed by atoms with Crippen molar-refractivity contribution < 1.29 is 0 Å². The quantitative estimate of drug-likeness (QED) is 0.769. The molecule has 3 aromatic heterocycles. The summed E-state index contributed by atoms with van der Waals surface area (Å²) in [5.74, 6) is 0.865. The zero-order chi connectivity index (χ0) is 14.1. The van der Waals surface area contributed by atoms with E-state index in [9.17, 15) is 0 Å². The zero-order valence-electron chi connectivity index (χ0n) is 11.7. The molecule has 21 heavy (non-hydrogen) atoms. The zero-order valence-corrected chi connectivity index (χ0v) is 11.7. The Hall–Kier alpha value is -2.41. The second-order valence-electron chi connectivity index (χ2n) is 5.26. The van der Waals surface area contributed by atoms with Crippen LogP contribution in [0.15, 0.2) is 36.8 Å². The summed E-state index contributed by atoms with van der Waals surface area (Å²) in [5, 5.41) is 11.2. The molecule has 1 N–H and O–H groups in total. The molecule has 4 rings (SSSR count). The van der Waals surface area contributed by atoms with E-state index in [4.69, 9.17) is 0 Å². The molecular weight excluding hydrogens is 266 g/mol. The van der Waals surface area contributed by atoms with Crippen molar-refractivity contribution in [3.63, 3.8) is 0 Å². The van der Waals surface area contributed by atoms with Crippen molar-refractivity contribution in [3.05, 3.63) is 42.5 Å². The van der Waals surface area contributed by atoms with Gasteiger partial charge in [0.05, 0.1) is 11.2 Å². The van der Waals surface area contributed by atoms with Crippen LogP contribution in [0.4, 0.5) is 5.95 Å². The summed E-state index contributed by atoms with van der Waals surface area (Å²) in [6.07, 6.45) is 3.40. The lowest BCUT2D eigenvalue weighted by atomic mass is 10.2. The molecule has 7 heteroatoms. The molecule has 0 aliphatic carbocycles. The number of pyridine rings is 1. The molecular formula is C14H17N7. The summed E-state index contributed by atoms with van der Waals surface area (Å²) in [5.41, 5.74) is 2.37. The van der Waals surface area contributed by atoms with Gasteiger partial charge in [0.15, 0.2) is 0 Å². The first-order valence-corrected chi connectivity index (χ1v) is 7.14. The Balaban J connectivity index is 1.44. The van der Waals surface area contributed by atoms with E-state index < -0.39 is 0 Å². The predicted octanol–water partition coefficient (Wildman–Crippen LogP) is 0.775. The molecule has 0 bridgehead atoms. The third kappa shape index (κ3) is 2.36. The minimum atomic E-state index is 0.865. The molecule has 4 heterocycles. The highest BCUT2D eigenvalue weighted by Crippen LogP contribution is 2.13. The van der Waals surface area contributed by atoms with Crippen molar-refractivity contribution in [1.29, 1.82) is 0 Å². The number of H-pyrrole nitrogens is 1. The van der Waals surface area contributed by atoms with Crippen LogP contribution in [0.25, 0.3) is 5.52 Å². The SMILES string of the molecule is c1cc(CN2CCN(c3ncn[nH]3)CC2)n2nccc2c1. The summed E-state index contributed by atoms with van der Waals surface area (Å²) in [6.45, 7) is 4.87. The minimum Gasteiger partial charge on any atom is -0.339 e. The summed E-state index contributed by atoms with van der Waals surface area (Å²) < 4.78 is 2.02. The minimum absolute atomic E-state index is 0.865. The van der Waals surface area contributed by atoms with Crippen molar-refractivity contribution in [2.75, 3.05) is 31.1 Å². The number of fused-ring (bicyclic) bond motifs is 1. The summed E-state index contributed by atoms with van der Waals surface area (Å²) in [6, 6.07) is 8.35. The molecule has 0 atom stereocenters. The molecule has 1 fully saturated rings. The van der Waals surface area contributed by atoms with Crippen LogP contribution in [0.5, 0.6) is 0 Å². The van der Waals surface area contributed by atoms with Gasteiger partial charge in [0, 0.05) is 38.9 Å². The number of hydrogen-bond donors (Lipinski definition) is 1. The van der Waals surface area contributed by atoms with Gasteiger partial charge < -0.3 is 4.90 Å². The average Bonchev–Trinajstić information content (AvgIpc) is 3.20. The first-order chi connectivity index (χ1) is 10.4. The number of aromatic amines is 1.